The van der Waals surface area contributed by atoms with Crippen molar-refractivity contribution in [2.75, 3.05) is 7.11 Å². The fraction of sp³-hybridized carbons (Fsp3) is 0.480. The Hall–Kier alpha value is -2.68. The van der Waals surface area contributed by atoms with E-state index in [1.54, 1.807) is 0 Å². The van der Waals surface area contributed by atoms with Gasteiger partial charge in [0.1, 0.15) is 6.10 Å². The highest BCUT2D eigenvalue weighted by Crippen LogP contribution is 2.55. The van der Waals surface area contributed by atoms with Gasteiger partial charge >= 0.3 is 6.18 Å². The molecule has 2 fully saturated rings. The van der Waals surface area contributed by atoms with E-state index >= 15 is 0 Å². The van der Waals surface area contributed by atoms with Crippen LogP contribution in [0.4, 0.5) is 22.0 Å². The third-order valence-electron chi connectivity index (χ3n) is 7.20. The summed E-state index contributed by atoms with van der Waals surface area (Å²) in [7, 11) is 1.10. The fourth-order valence-corrected chi connectivity index (χ4v) is 4.86. The van der Waals surface area contributed by atoms with Gasteiger partial charge in [-0.1, -0.05) is 43.3 Å². The van der Waals surface area contributed by atoms with Gasteiger partial charge in [-0.15, -0.1) is 0 Å². The summed E-state index contributed by atoms with van der Waals surface area (Å²) in [5.41, 5.74) is -2.31. The molecule has 1 heterocycles. The van der Waals surface area contributed by atoms with Crippen molar-refractivity contribution in [2.24, 2.45) is 5.92 Å². The highest BCUT2D eigenvalue weighted by Gasteiger charge is 2.66. The fourth-order valence-electron chi connectivity index (χ4n) is 4.86. The molecule has 1 aliphatic carbocycles. The zero-order chi connectivity index (χ0) is 24.9. The molecule has 0 bridgehead atoms. The minimum Gasteiger partial charge on any atom is -0.493 e. The molecule has 1 N–H and O–H groups in total. The van der Waals surface area contributed by atoms with Gasteiger partial charge in [-0.05, 0) is 37.8 Å². The molecule has 0 aromatic heterocycles. The molecule has 1 saturated carbocycles. The summed E-state index contributed by atoms with van der Waals surface area (Å²) in [6, 6.07) is 11.4. The van der Waals surface area contributed by atoms with E-state index < -0.39 is 58.5 Å². The van der Waals surface area contributed by atoms with Gasteiger partial charge in [0, 0.05) is 22.9 Å². The molecule has 0 radical (unpaired) electrons. The van der Waals surface area contributed by atoms with E-state index in [-0.39, 0.29) is 5.56 Å². The summed E-state index contributed by atoms with van der Waals surface area (Å²) in [6.07, 6.45) is -4.50. The third-order valence-corrected chi connectivity index (χ3v) is 7.20. The minimum atomic E-state index is -4.80. The Balaban J connectivity index is 1.69. The molecule has 1 saturated heterocycles. The summed E-state index contributed by atoms with van der Waals surface area (Å²) in [4.78, 5) is 13.4. The molecule has 4 rings (SSSR count). The smallest absolute Gasteiger partial charge is 0.417 e. The molecule has 9 heteroatoms. The van der Waals surface area contributed by atoms with Gasteiger partial charge in [0.2, 0.25) is 11.7 Å². The van der Waals surface area contributed by atoms with Crippen molar-refractivity contribution in [3.8, 4) is 5.75 Å². The van der Waals surface area contributed by atoms with Crippen LogP contribution in [0.3, 0.4) is 0 Å². The highest BCUT2D eigenvalue weighted by molar-refractivity contribution is 5.84. The number of hydrogen-bond donors (Lipinski definition) is 1. The van der Waals surface area contributed by atoms with Gasteiger partial charge in [0.05, 0.1) is 7.11 Å². The summed E-state index contributed by atoms with van der Waals surface area (Å²) in [5.74, 6) is -6.28. The lowest BCUT2D eigenvalue weighted by Crippen LogP contribution is -2.49. The van der Waals surface area contributed by atoms with Gasteiger partial charge in [-0.3, -0.25) is 4.79 Å². The van der Waals surface area contributed by atoms with Crippen LogP contribution in [-0.2, 0) is 16.0 Å². The Morgan fingerprint density at radius 2 is 1.79 bits per heavy atom. The first-order valence-electron chi connectivity index (χ1n) is 11.0. The predicted molar refractivity (Wildman–Crippen MR) is 114 cm³/mol. The maximum atomic E-state index is 14.5. The Labute approximate surface area is 194 Å². The van der Waals surface area contributed by atoms with Crippen LogP contribution >= 0.6 is 0 Å². The SMILES string of the molecule is COc1c([C@H]2[C@H](C(=O)NC3(Cc4ccccc4)CC3)O[C@@](C)(C(F)(F)F)[C@H]2C)ccc(F)c1F. The molecule has 2 aromatic carbocycles. The Bertz CT molecular complexity index is 1070. The predicted octanol–water partition coefficient (Wildman–Crippen LogP) is 5.30. The number of alkyl halides is 3. The van der Waals surface area contributed by atoms with Crippen molar-refractivity contribution in [1.29, 1.82) is 0 Å². The van der Waals surface area contributed by atoms with Crippen LogP contribution in [0.1, 0.15) is 43.7 Å². The number of methoxy groups -OCH3 is 1. The molecule has 4 nitrogen and oxygen atoms in total. The second-order valence-corrected chi connectivity index (χ2v) is 9.37. The van der Waals surface area contributed by atoms with Crippen LogP contribution in [0.15, 0.2) is 42.5 Å². The third kappa shape index (κ3) is 4.15. The topological polar surface area (TPSA) is 47.6 Å². The number of halogens is 5. The molecule has 184 valence electrons. The molecule has 34 heavy (non-hydrogen) atoms. The van der Waals surface area contributed by atoms with Crippen LogP contribution in [0.5, 0.6) is 5.75 Å². The molecular weight excluding hydrogens is 457 g/mol. The van der Waals surface area contributed by atoms with E-state index in [1.807, 2.05) is 30.3 Å². The Morgan fingerprint density at radius 1 is 1.15 bits per heavy atom. The van der Waals surface area contributed by atoms with Crippen LogP contribution in [0.25, 0.3) is 0 Å². The summed E-state index contributed by atoms with van der Waals surface area (Å²) < 4.78 is 80.9. The molecule has 1 amide bonds. The van der Waals surface area contributed by atoms with Gasteiger partial charge in [0.15, 0.2) is 17.2 Å². The van der Waals surface area contributed by atoms with Gasteiger partial charge in [-0.2, -0.15) is 17.6 Å². The number of amides is 1. The van der Waals surface area contributed by atoms with Gasteiger partial charge in [-0.25, -0.2) is 4.39 Å². The quantitative estimate of drug-likeness (QED) is 0.567. The highest BCUT2D eigenvalue weighted by atomic mass is 19.4. The molecule has 4 atom stereocenters. The zero-order valence-corrected chi connectivity index (χ0v) is 19.0. The van der Waals surface area contributed by atoms with Crippen molar-refractivity contribution >= 4 is 5.91 Å². The van der Waals surface area contributed by atoms with Crippen LogP contribution in [0, 0.1) is 17.6 Å². The maximum Gasteiger partial charge on any atom is 0.417 e. The van der Waals surface area contributed by atoms with Crippen molar-refractivity contribution in [3.63, 3.8) is 0 Å². The molecule has 1 aliphatic heterocycles. The van der Waals surface area contributed by atoms with E-state index in [0.29, 0.717) is 19.3 Å². The number of nitrogens with one attached hydrogen (secondary N) is 1. The van der Waals surface area contributed by atoms with E-state index in [2.05, 4.69) is 5.32 Å². The number of benzene rings is 2. The Morgan fingerprint density at radius 3 is 2.35 bits per heavy atom. The molecule has 2 aliphatic rings. The monoisotopic (exact) mass is 483 g/mol. The van der Waals surface area contributed by atoms with Crippen molar-refractivity contribution in [2.45, 2.75) is 62.4 Å². The number of ether oxygens (including phenoxy) is 2. The number of carbonyl (C=O) groups excluding carboxylic acids is 1. The second-order valence-electron chi connectivity index (χ2n) is 9.37. The largest absolute Gasteiger partial charge is 0.493 e. The summed E-state index contributed by atoms with van der Waals surface area (Å²) >= 11 is 0. The van der Waals surface area contributed by atoms with Crippen LogP contribution < -0.4 is 10.1 Å². The average Bonchev–Trinajstić information content (AvgIpc) is 3.46. The maximum absolute atomic E-state index is 14.5. The molecule has 2 aromatic rings. The summed E-state index contributed by atoms with van der Waals surface area (Å²) in [6.45, 7) is 2.17. The lowest BCUT2D eigenvalue weighted by molar-refractivity contribution is -0.272. The molecule has 0 spiro atoms. The normalized spacial score (nSPS) is 27.9. The first-order valence-corrected chi connectivity index (χ1v) is 11.0. The average molecular weight is 483 g/mol. The van der Waals surface area contributed by atoms with Crippen molar-refractivity contribution in [1.82, 2.24) is 5.32 Å². The molecular formula is C25H26F5NO3. The van der Waals surface area contributed by atoms with Gasteiger partial charge < -0.3 is 14.8 Å². The van der Waals surface area contributed by atoms with Crippen LogP contribution in [-0.4, -0.2) is 36.4 Å². The van der Waals surface area contributed by atoms with E-state index in [0.717, 1.165) is 31.7 Å². The second kappa shape index (κ2) is 8.52. The number of rotatable bonds is 6. The number of hydrogen-bond acceptors (Lipinski definition) is 3. The van der Waals surface area contributed by atoms with Gasteiger partial charge in [0.25, 0.3) is 0 Å². The summed E-state index contributed by atoms with van der Waals surface area (Å²) in [5, 5.41) is 2.89. The van der Waals surface area contributed by atoms with Crippen molar-refractivity contribution in [3.05, 3.63) is 65.2 Å². The lowest BCUT2D eigenvalue weighted by atomic mass is 9.76. The Kier molecular flexibility index (Phi) is 6.12. The first-order chi connectivity index (χ1) is 15.9. The number of carbonyl (C=O) groups is 1. The molecule has 0 unspecified atom stereocenters. The van der Waals surface area contributed by atoms with Crippen molar-refractivity contribution < 1.29 is 36.2 Å². The zero-order valence-electron chi connectivity index (χ0n) is 19.0. The minimum absolute atomic E-state index is 0.0464. The lowest BCUT2D eigenvalue weighted by Gasteiger charge is -2.32. The van der Waals surface area contributed by atoms with Crippen LogP contribution in [0.2, 0.25) is 0 Å². The van der Waals surface area contributed by atoms with E-state index in [1.165, 1.54) is 6.92 Å². The van der Waals surface area contributed by atoms with E-state index in [9.17, 15) is 26.7 Å². The van der Waals surface area contributed by atoms with E-state index in [4.69, 9.17) is 9.47 Å². The first kappa shape index (κ1) is 24.4. The standard InChI is InChI=1S/C25H26F5NO3/c1-14-18(16-9-10-17(26)19(27)20(16)33-3)21(34-23(14,2)25(28,29)30)22(32)31-24(11-12-24)13-15-7-5-4-6-8-15/h4-10,14,18,21H,11-13H2,1-3H3,(H,31,32)/t14-,18-,21+,23+/m0/s1.